The van der Waals surface area contributed by atoms with Crippen molar-refractivity contribution < 1.29 is 38.8 Å². The van der Waals surface area contributed by atoms with Gasteiger partial charge in [-0.15, -0.1) is 0 Å². The molecule has 0 radical (unpaired) electrons. The molecule has 1 amide bonds. The number of ketones is 1. The van der Waals surface area contributed by atoms with Gasteiger partial charge in [0, 0.05) is 41.3 Å². The number of halogens is 2. The van der Waals surface area contributed by atoms with Crippen LogP contribution in [0, 0.1) is 17.7 Å². The highest BCUT2D eigenvalue weighted by atomic mass is 19.1. The van der Waals surface area contributed by atoms with Gasteiger partial charge >= 0.3 is 0 Å². The van der Waals surface area contributed by atoms with Gasteiger partial charge in [0.05, 0.1) is 17.2 Å². The number of Topliss-reactive ketones (excluding diaryl/α,β-unsaturated/α-hetero) is 1. The quantitative estimate of drug-likeness (QED) is 0.358. The van der Waals surface area contributed by atoms with Crippen molar-refractivity contribution in [2.45, 2.75) is 38.0 Å². The van der Waals surface area contributed by atoms with Crippen molar-refractivity contribution in [3.05, 3.63) is 63.4 Å². The van der Waals surface area contributed by atoms with Gasteiger partial charge in [0.25, 0.3) is 5.91 Å². The predicted molar refractivity (Wildman–Crippen MR) is 135 cm³/mol. The average molecular weight is 534 g/mol. The first kappa shape index (κ1) is 27.7. The van der Waals surface area contributed by atoms with Crippen LogP contribution in [-0.2, 0) is 17.8 Å². The molecular weight excluding hydrogens is 500 g/mol. The lowest BCUT2D eigenvalue weighted by atomic mass is 9.57. The molecule has 11 heteroatoms. The molecule has 206 valence electrons. The number of hydrogen-bond donors (Lipinski definition) is 5. The van der Waals surface area contributed by atoms with Crippen molar-refractivity contribution in [1.29, 1.82) is 0 Å². The number of nitrogens with two attached hydrogens (primary N) is 1. The molecule has 3 aliphatic carbocycles. The number of aliphatic hydroxyl groups is 3. The first-order chi connectivity index (χ1) is 17.8. The van der Waals surface area contributed by atoms with Crippen molar-refractivity contribution in [2.75, 3.05) is 33.9 Å². The molecule has 4 rings (SSSR count). The maximum atomic E-state index is 15.7. The highest BCUT2D eigenvalue weighted by Crippen LogP contribution is 2.55. The van der Waals surface area contributed by atoms with Gasteiger partial charge in [0.1, 0.15) is 29.8 Å². The topological polar surface area (TPSA) is 148 Å². The molecule has 0 heterocycles. The molecule has 0 fully saturated rings. The molecule has 0 bridgehead atoms. The molecule has 0 aliphatic heterocycles. The van der Waals surface area contributed by atoms with Crippen LogP contribution in [0.1, 0.15) is 34.8 Å². The SMILES string of the molecule is C=C1C(C(N)=O)=C(O)[C@@H](N(C)C)[C@@H]2C[C@@H]3Cc4c(F)c(CN(CC)CCF)cc(O)c4C(=O)C3=C(O)[C@]12O. The second-order valence-corrected chi connectivity index (χ2v) is 10.4. The second-order valence-electron chi connectivity index (χ2n) is 10.4. The number of amides is 1. The Balaban J connectivity index is 1.87. The molecule has 0 saturated heterocycles. The Morgan fingerprint density at radius 1 is 1.29 bits per heavy atom. The number of hydrogen-bond acceptors (Lipinski definition) is 8. The summed E-state index contributed by atoms with van der Waals surface area (Å²) in [6.07, 6.45) is -0.0539. The number of aromatic hydroxyl groups is 1. The fourth-order valence-electron chi connectivity index (χ4n) is 6.34. The number of carbonyl (C=O) groups excluding carboxylic acids is 2. The molecule has 3 aliphatic rings. The number of allylic oxidation sites excluding steroid dienone is 1. The molecule has 0 saturated carbocycles. The Morgan fingerprint density at radius 3 is 2.50 bits per heavy atom. The Bertz CT molecular complexity index is 1290. The number of alkyl halides is 1. The predicted octanol–water partition coefficient (Wildman–Crippen LogP) is 2.04. The lowest BCUT2D eigenvalue weighted by Gasteiger charge is -2.52. The van der Waals surface area contributed by atoms with Gasteiger partial charge < -0.3 is 26.2 Å². The fourth-order valence-corrected chi connectivity index (χ4v) is 6.34. The number of primary amides is 1. The maximum absolute atomic E-state index is 15.7. The number of phenolic OH excluding ortho intramolecular Hbond substituents is 1. The van der Waals surface area contributed by atoms with E-state index in [4.69, 9.17) is 5.73 Å². The molecule has 0 spiro atoms. The number of rotatable bonds is 7. The van der Waals surface area contributed by atoms with Crippen LogP contribution in [0.25, 0.3) is 0 Å². The standard InChI is InChI=1S/C27H33F2N3O6/c1-5-32(7-6-28)11-14-10-17(33)20-15(21(14)29)8-13-9-16-22(31(3)4)24(35)18(26(30)37)12(2)27(16,38)25(36)19(13)23(20)34/h10,13,16,22,33,35-36,38H,2,5-9,11H2,1,3-4H3,(H2,30,37)/t13-,16-,22-,27-/m0/s1. The van der Waals surface area contributed by atoms with E-state index < -0.39 is 70.5 Å². The summed E-state index contributed by atoms with van der Waals surface area (Å²) in [7, 11) is 3.21. The zero-order chi connectivity index (χ0) is 28.3. The first-order valence-corrected chi connectivity index (χ1v) is 12.4. The Labute approximate surface area is 219 Å². The average Bonchev–Trinajstić information content (AvgIpc) is 2.83. The van der Waals surface area contributed by atoms with E-state index in [2.05, 4.69) is 6.58 Å². The Kier molecular flexibility index (Phi) is 7.15. The van der Waals surface area contributed by atoms with E-state index in [1.54, 1.807) is 30.8 Å². The van der Waals surface area contributed by atoms with Gasteiger partial charge in [0.2, 0.25) is 0 Å². The molecule has 4 atom stereocenters. The molecule has 38 heavy (non-hydrogen) atoms. The van der Waals surface area contributed by atoms with Crippen molar-refractivity contribution in [3.63, 3.8) is 0 Å². The lowest BCUT2D eigenvalue weighted by Crippen LogP contribution is -2.60. The smallest absolute Gasteiger partial charge is 0.252 e. The summed E-state index contributed by atoms with van der Waals surface area (Å²) in [5, 5.41) is 44.9. The van der Waals surface area contributed by atoms with Gasteiger partial charge in [0.15, 0.2) is 11.4 Å². The van der Waals surface area contributed by atoms with Crippen LogP contribution in [0.2, 0.25) is 0 Å². The molecule has 9 nitrogen and oxygen atoms in total. The van der Waals surface area contributed by atoms with Crippen LogP contribution in [0.5, 0.6) is 5.75 Å². The number of fused-ring (bicyclic) bond motifs is 3. The molecule has 1 aromatic carbocycles. The maximum Gasteiger partial charge on any atom is 0.252 e. The summed E-state index contributed by atoms with van der Waals surface area (Å²) in [6, 6.07) is 0.148. The fraction of sp³-hybridized carbons (Fsp3) is 0.481. The summed E-state index contributed by atoms with van der Waals surface area (Å²) >= 11 is 0. The summed E-state index contributed by atoms with van der Waals surface area (Å²) in [5.74, 6) is -6.01. The van der Waals surface area contributed by atoms with Gasteiger partial charge in [-0.05, 0) is 45.5 Å². The lowest BCUT2D eigenvalue weighted by molar-refractivity contribution is -0.115. The molecule has 0 aromatic heterocycles. The van der Waals surface area contributed by atoms with Gasteiger partial charge in [-0.3, -0.25) is 19.4 Å². The highest BCUT2D eigenvalue weighted by molar-refractivity contribution is 6.13. The van der Waals surface area contributed by atoms with E-state index in [9.17, 15) is 34.4 Å². The van der Waals surface area contributed by atoms with E-state index in [0.717, 1.165) is 6.07 Å². The van der Waals surface area contributed by atoms with Crippen LogP contribution in [0.3, 0.4) is 0 Å². The number of carbonyl (C=O) groups is 2. The number of aliphatic hydroxyl groups excluding tert-OH is 2. The van der Waals surface area contributed by atoms with Crippen molar-refractivity contribution >= 4 is 11.7 Å². The van der Waals surface area contributed by atoms with E-state index in [1.807, 2.05) is 0 Å². The van der Waals surface area contributed by atoms with Crippen molar-refractivity contribution in [3.8, 4) is 5.75 Å². The number of nitrogens with zero attached hydrogens (tertiary/aromatic N) is 2. The monoisotopic (exact) mass is 533 g/mol. The van der Waals surface area contributed by atoms with E-state index >= 15 is 4.39 Å². The summed E-state index contributed by atoms with van der Waals surface area (Å²) < 4.78 is 28.6. The van der Waals surface area contributed by atoms with Crippen LogP contribution in [-0.4, -0.2) is 87.4 Å². The van der Waals surface area contributed by atoms with Gasteiger partial charge in [-0.25, -0.2) is 8.78 Å². The van der Waals surface area contributed by atoms with Crippen LogP contribution < -0.4 is 5.73 Å². The highest BCUT2D eigenvalue weighted by Gasteiger charge is 2.60. The second kappa shape index (κ2) is 9.79. The van der Waals surface area contributed by atoms with Crippen molar-refractivity contribution in [2.24, 2.45) is 17.6 Å². The Hall–Kier alpha value is -3.28. The number of phenols is 1. The minimum atomic E-state index is -2.31. The summed E-state index contributed by atoms with van der Waals surface area (Å²) in [4.78, 5) is 29.0. The van der Waals surface area contributed by atoms with Gasteiger partial charge in [-0.2, -0.15) is 0 Å². The molecule has 6 N–H and O–H groups in total. The Morgan fingerprint density at radius 2 is 1.95 bits per heavy atom. The molecular formula is C27H33F2N3O6. The van der Waals surface area contributed by atoms with E-state index in [1.165, 1.54) is 0 Å². The van der Waals surface area contributed by atoms with Crippen LogP contribution in [0.4, 0.5) is 8.78 Å². The van der Waals surface area contributed by atoms with Crippen LogP contribution in [0.15, 0.2) is 40.9 Å². The van der Waals surface area contributed by atoms with E-state index in [0.29, 0.717) is 6.54 Å². The van der Waals surface area contributed by atoms with E-state index in [-0.39, 0.29) is 53.8 Å². The zero-order valence-electron chi connectivity index (χ0n) is 21.6. The van der Waals surface area contributed by atoms with Crippen molar-refractivity contribution in [1.82, 2.24) is 9.80 Å². The molecule has 0 unspecified atom stereocenters. The summed E-state index contributed by atoms with van der Waals surface area (Å²) in [5.41, 5.74) is 1.92. The third-order valence-electron chi connectivity index (χ3n) is 8.16. The number of likely N-dealkylation sites (N-methyl/N-ethyl adjacent to an activating group) is 1. The minimum Gasteiger partial charge on any atom is -0.510 e. The van der Waals surface area contributed by atoms with Gasteiger partial charge in [-0.1, -0.05) is 13.5 Å². The largest absolute Gasteiger partial charge is 0.510 e. The third-order valence-corrected chi connectivity index (χ3v) is 8.16. The zero-order valence-corrected chi connectivity index (χ0v) is 21.6. The third kappa shape index (κ3) is 3.91. The minimum absolute atomic E-state index is 0.0202. The van der Waals surface area contributed by atoms with Crippen LogP contribution >= 0.6 is 0 Å². The molecule has 1 aromatic rings. The first-order valence-electron chi connectivity index (χ1n) is 12.4. The normalized spacial score (nSPS) is 27.1. The number of benzene rings is 1. The summed E-state index contributed by atoms with van der Waals surface area (Å²) in [6.45, 7) is 5.46.